The number of amides is 1. The smallest absolute Gasteiger partial charge is 0.255 e. The van der Waals surface area contributed by atoms with Gasteiger partial charge in [0, 0.05) is 48.7 Å². The molecule has 2 aromatic carbocycles. The molecule has 1 unspecified atom stereocenters. The van der Waals surface area contributed by atoms with Crippen LogP contribution in [0.2, 0.25) is 0 Å². The topological polar surface area (TPSA) is 72.1 Å². The minimum Gasteiger partial charge on any atom is -0.454 e. The maximum absolute atomic E-state index is 12.6. The highest BCUT2D eigenvalue weighted by molar-refractivity contribution is 6.04. The molecule has 0 bridgehead atoms. The number of carbonyl (C=O) groups is 1. The second-order valence-electron chi connectivity index (χ2n) is 9.79. The molecule has 3 aliphatic heterocycles. The summed E-state index contributed by atoms with van der Waals surface area (Å²) in [6.07, 6.45) is 4.45. The van der Waals surface area contributed by atoms with E-state index in [1.165, 1.54) is 5.69 Å². The second kappa shape index (κ2) is 9.23. The zero-order valence-corrected chi connectivity index (χ0v) is 19.4. The van der Waals surface area contributed by atoms with Crippen molar-refractivity contribution in [2.45, 2.75) is 57.2 Å². The number of nitrogens with zero attached hydrogens (tertiary/aromatic N) is 1. The Labute approximate surface area is 195 Å². The molecule has 33 heavy (non-hydrogen) atoms. The van der Waals surface area contributed by atoms with Crippen LogP contribution in [0.5, 0.6) is 11.5 Å². The van der Waals surface area contributed by atoms with E-state index in [9.17, 15) is 4.79 Å². The molecule has 1 atom stereocenters. The van der Waals surface area contributed by atoms with E-state index in [0.29, 0.717) is 29.1 Å². The molecule has 2 saturated heterocycles. The molecular formula is C26H33N3O4. The van der Waals surface area contributed by atoms with Gasteiger partial charge in [-0.25, -0.2) is 0 Å². The molecule has 2 fully saturated rings. The molecular weight excluding hydrogens is 418 g/mol. The van der Waals surface area contributed by atoms with Crippen molar-refractivity contribution >= 4 is 17.3 Å². The summed E-state index contributed by atoms with van der Waals surface area (Å²) in [6, 6.07) is 14.5. The number of hydrogen-bond donors (Lipinski definition) is 2. The number of hydrogen-bond acceptors (Lipinski definition) is 6. The molecule has 7 nitrogen and oxygen atoms in total. The maximum atomic E-state index is 12.6. The Kier molecular flexibility index (Phi) is 6.17. The van der Waals surface area contributed by atoms with Crippen molar-refractivity contribution in [3.05, 3.63) is 48.0 Å². The van der Waals surface area contributed by atoms with Crippen LogP contribution in [-0.4, -0.2) is 50.1 Å². The van der Waals surface area contributed by atoms with Gasteiger partial charge in [0.2, 0.25) is 6.79 Å². The third kappa shape index (κ3) is 5.25. The van der Waals surface area contributed by atoms with Crippen LogP contribution in [0, 0.1) is 0 Å². The van der Waals surface area contributed by atoms with Crippen LogP contribution in [0.15, 0.2) is 42.5 Å². The zero-order chi connectivity index (χ0) is 22.8. The first-order valence-electron chi connectivity index (χ1n) is 11.9. The summed E-state index contributed by atoms with van der Waals surface area (Å²) in [5, 5.41) is 6.84. The van der Waals surface area contributed by atoms with Gasteiger partial charge in [0.15, 0.2) is 11.5 Å². The molecule has 0 saturated carbocycles. The van der Waals surface area contributed by atoms with Gasteiger partial charge in [-0.05, 0) is 82.0 Å². The molecule has 0 aromatic heterocycles. The quantitative estimate of drug-likeness (QED) is 0.711. The van der Waals surface area contributed by atoms with Gasteiger partial charge in [-0.3, -0.25) is 4.79 Å². The minimum atomic E-state index is -0.163. The van der Waals surface area contributed by atoms with Gasteiger partial charge < -0.3 is 29.7 Å². The minimum absolute atomic E-state index is 0.0173. The summed E-state index contributed by atoms with van der Waals surface area (Å²) in [5.41, 5.74) is 2.50. The van der Waals surface area contributed by atoms with Crippen LogP contribution >= 0.6 is 0 Å². The highest BCUT2D eigenvalue weighted by Crippen LogP contribution is 2.33. The van der Waals surface area contributed by atoms with Crippen molar-refractivity contribution in [2.75, 3.05) is 36.7 Å². The molecule has 3 heterocycles. The Balaban J connectivity index is 1.12. The van der Waals surface area contributed by atoms with Crippen LogP contribution in [0.4, 0.5) is 11.4 Å². The lowest BCUT2D eigenvalue weighted by Crippen LogP contribution is -2.50. The van der Waals surface area contributed by atoms with Crippen LogP contribution < -0.4 is 25.0 Å². The molecule has 1 amide bonds. The first kappa shape index (κ1) is 22.0. The third-order valence-corrected chi connectivity index (χ3v) is 6.79. The Morgan fingerprint density at radius 3 is 2.48 bits per heavy atom. The fourth-order valence-electron chi connectivity index (χ4n) is 5.01. The van der Waals surface area contributed by atoms with Gasteiger partial charge in [-0.15, -0.1) is 0 Å². The number of benzene rings is 2. The predicted octanol–water partition coefficient (Wildman–Crippen LogP) is 4.18. The van der Waals surface area contributed by atoms with Crippen molar-refractivity contribution in [1.82, 2.24) is 5.32 Å². The molecule has 3 aliphatic rings. The number of fused-ring (bicyclic) bond motifs is 1. The van der Waals surface area contributed by atoms with Crippen LogP contribution in [0.25, 0.3) is 0 Å². The Hall–Kier alpha value is -2.77. The predicted molar refractivity (Wildman–Crippen MR) is 128 cm³/mol. The highest BCUT2D eigenvalue weighted by atomic mass is 16.7. The van der Waals surface area contributed by atoms with E-state index >= 15 is 0 Å². The van der Waals surface area contributed by atoms with Gasteiger partial charge in [0.25, 0.3) is 5.91 Å². The summed E-state index contributed by atoms with van der Waals surface area (Å²) >= 11 is 0. The summed E-state index contributed by atoms with van der Waals surface area (Å²) in [4.78, 5) is 15.0. The van der Waals surface area contributed by atoms with E-state index in [1.807, 2.05) is 12.1 Å². The number of rotatable bonds is 5. The lowest BCUT2D eigenvalue weighted by molar-refractivity contribution is -0.0644. The molecule has 0 radical (unpaired) electrons. The van der Waals surface area contributed by atoms with E-state index in [1.54, 1.807) is 18.2 Å². The van der Waals surface area contributed by atoms with Gasteiger partial charge in [-0.1, -0.05) is 0 Å². The number of nitrogens with one attached hydrogen (secondary N) is 2. The summed E-state index contributed by atoms with van der Waals surface area (Å²) < 4.78 is 16.5. The number of ether oxygens (including phenoxy) is 3. The molecule has 5 rings (SSSR count). The van der Waals surface area contributed by atoms with Gasteiger partial charge in [0.05, 0.1) is 5.60 Å². The van der Waals surface area contributed by atoms with Crippen molar-refractivity contribution in [2.24, 2.45) is 0 Å². The average molecular weight is 452 g/mol. The third-order valence-electron chi connectivity index (χ3n) is 6.79. The van der Waals surface area contributed by atoms with E-state index < -0.39 is 0 Å². The standard InChI is InChI=1S/C26H33N3O4/c1-26(2)16-21(11-14-33-26)27-20-9-12-29(13-10-20)22-6-4-19(5-7-22)28-25(30)18-3-8-23-24(15-18)32-17-31-23/h3-8,15,20-21,27H,9-14,16-17H2,1-2H3,(H,28,30). The molecule has 0 spiro atoms. The molecule has 7 heteroatoms. The number of anilines is 2. The normalized spacial score (nSPS) is 22.2. The maximum Gasteiger partial charge on any atom is 0.255 e. The second-order valence-corrected chi connectivity index (χ2v) is 9.79. The first-order valence-corrected chi connectivity index (χ1v) is 11.9. The summed E-state index contributed by atoms with van der Waals surface area (Å²) in [5.74, 6) is 1.12. The summed E-state index contributed by atoms with van der Waals surface area (Å²) in [6.45, 7) is 7.49. The Morgan fingerprint density at radius 2 is 1.73 bits per heavy atom. The first-order chi connectivity index (χ1) is 15.9. The fourth-order valence-corrected chi connectivity index (χ4v) is 5.01. The highest BCUT2D eigenvalue weighted by Gasteiger charge is 2.31. The largest absolute Gasteiger partial charge is 0.454 e. The number of carbonyl (C=O) groups excluding carboxylic acids is 1. The number of piperidine rings is 1. The zero-order valence-electron chi connectivity index (χ0n) is 19.4. The molecule has 2 N–H and O–H groups in total. The van der Waals surface area contributed by atoms with E-state index in [0.717, 1.165) is 51.1 Å². The van der Waals surface area contributed by atoms with E-state index in [2.05, 4.69) is 41.5 Å². The van der Waals surface area contributed by atoms with Crippen molar-refractivity contribution in [1.29, 1.82) is 0 Å². The Morgan fingerprint density at radius 1 is 0.970 bits per heavy atom. The fraction of sp³-hybridized carbons (Fsp3) is 0.500. The van der Waals surface area contributed by atoms with E-state index in [4.69, 9.17) is 14.2 Å². The van der Waals surface area contributed by atoms with Gasteiger partial charge in [0.1, 0.15) is 0 Å². The van der Waals surface area contributed by atoms with Crippen molar-refractivity contribution in [3.63, 3.8) is 0 Å². The van der Waals surface area contributed by atoms with Crippen molar-refractivity contribution in [3.8, 4) is 11.5 Å². The van der Waals surface area contributed by atoms with Crippen LogP contribution in [-0.2, 0) is 4.74 Å². The van der Waals surface area contributed by atoms with Gasteiger partial charge in [-0.2, -0.15) is 0 Å². The van der Waals surface area contributed by atoms with Crippen LogP contribution in [0.1, 0.15) is 49.9 Å². The summed E-state index contributed by atoms with van der Waals surface area (Å²) in [7, 11) is 0. The SMILES string of the molecule is CC1(C)CC(NC2CCN(c3ccc(NC(=O)c4ccc5c(c4)OCO5)cc3)CC2)CCO1. The lowest BCUT2D eigenvalue weighted by Gasteiger charge is -2.40. The molecule has 176 valence electrons. The molecule has 0 aliphatic carbocycles. The van der Waals surface area contributed by atoms with Crippen LogP contribution in [0.3, 0.4) is 0 Å². The average Bonchev–Trinajstić information content (AvgIpc) is 3.27. The van der Waals surface area contributed by atoms with Gasteiger partial charge >= 0.3 is 0 Å². The molecule has 2 aromatic rings. The lowest BCUT2D eigenvalue weighted by atomic mass is 9.92. The van der Waals surface area contributed by atoms with E-state index in [-0.39, 0.29) is 18.3 Å². The Bertz CT molecular complexity index is 984. The monoisotopic (exact) mass is 451 g/mol. The van der Waals surface area contributed by atoms with Crippen molar-refractivity contribution < 1.29 is 19.0 Å².